The lowest BCUT2D eigenvalue weighted by molar-refractivity contribution is -0.137. The van der Waals surface area contributed by atoms with E-state index in [0.717, 1.165) is 18.9 Å². The molecule has 0 amide bonds. The first kappa shape index (κ1) is 18.5. The van der Waals surface area contributed by atoms with Crippen LogP contribution in [0.15, 0.2) is 18.2 Å². The molecule has 24 heavy (non-hydrogen) atoms. The maximum absolute atomic E-state index is 12.8. The molecule has 1 aliphatic rings. The average Bonchev–Trinajstić information content (AvgIpc) is 2.97. The Hall–Kier alpha value is -1.81. The normalized spacial score (nSPS) is 18.5. The second-order valence-corrected chi connectivity index (χ2v) is 7.29. The third-order valence-corrected chi connectivity index (χ3v) is 4.83. The molecule has 1 aromatic rings. The van der Waals surface area contributed by atoms with Crippen LogP contribution in [0.4, 0.5) is 18.9 Å². The van der Waals surface area contributed by atoms with Crippen LogP contribution in [-0.4, -0.2) is 38.0 Å². The number of hydrogen-bond acceptors (Lipinski definition) is 4. The second kappa shape index (κ2) is 6.98. The number of rotatable bonds is 6. The summed E-state index contributed by atoms with van der Waals surface area (Å²) in [6.45, 7) is 0.563. The first-order valence-electron chi connectivity index (χ1n) is 7.14. The molecule has 0 saturated carbocycles. The fourth-order valence-corrected chi connectivity index (χ4v) is 3.52. The molecule has 0 aliphatic carbocycles. The first-order valence-corrected chi connectivity index (χ1v) is 8.80. The quantitative estimate of drug-likeness (QED) is 0.806. The highest BCUT2D eigenvalue weighted by molar-refractivity contribution is 7.92. The number of carboxylic acids is 1. The van der Waals surface area contributed by atoms with Crippen molar-refractivity contribution in [3.05, 3.63) is 29.3 Å². The number of ether oxygens (including phenoxy) is 1. The van der Waals surface area contributed by atoms with Gasteiger partial charge in [0.25, 0.3) is 0 Å². The number of benzene rings is 1. The number of carbonyl (C=O) groups is 1. The monoisotopic (exact) mass is 367 g/mol. The SMILES string of the molecule is O=C(O)c1cc(NS(=O)(=O)CCC2CCCO2)cc(C(F)(F)F)c1. The number of sulfonamides is 1. The third kappa shape index (κ3) is 5.10. The molecule has 1 unspecified atom stereocenters. The van der Waals surface area contributed by atoms with Gasteiger partial charge in [-0.1, -0.05) is 0 Å². The second-order valence-electron chi connectivity index (χ2n) is 5.45. The highest BCUT2D eigenvalue weighted by Gasteiger charge is 2.32. The molecule has 10 heteroatoms. The van der Waals surface area contributed by atoms with Crippen LogP contribution in [0.1, 0.15) is 35.2 Å². The molecule has 0 spiro atoms. The molecule has 0 aromatic heterocycles. The molecule has 2 N–H and O–H groups in total. The Bertz CT molecular complexity index is 712. The van der Waals surface area contributed by atoms with Crippen molar-refractivity contribution in [1.82, 2.24) is 0 Å². The maximum Gasteiger partial charge on any atom is 0.416 e. The number of halogens is 3. The lowest BCUT2D eigenvalue weighted by Gasteiger charge is -2.14. The van der Waals surface area contributed by atoms with Crippen molar-refractivity contribution in [1.29, 1.82) is 0 Å². The van der Waals surface area contributed by atoms with Gasteiger partial charge in [-0.05, 0) is 37.5 Å². The summed E-state index contributed by atoms with van der Waals surface area (Å²) in [4.78, 5) is 10.9. The van der Waals surface area contributed by atoms with Gasteiger partial charge in [-0.3, -0.25) is 4.72 Å². The van der Waals surface area contributed by atoms with Crippen molar-refractivity contribution in [3.8, 4) is 0 Å². The molecule has 1 atom stereocenters. The standard InChI is InChI=1S/C14H16F3NO5S/c15-14(16,17)10-6-9(13(19)20)7-11(8-10)18-24(21,22)5-3-12-2-1-4-23-12/h6-8,12,18H,1-5H2,(H,19,20). The topological polar surface area (TPSA) is 92.7 Å². The summed E-state index contributed by atoms with van der Waals surface area (Å²) in [5, 5.41) is 8.88. The number of aromatic carboxylic acids is 1. The van der Waals surface area contributed by atoms with Gasteiger partial charge in [0, 0.05) is 12.3 Å². The summed E-state index contributed by atoms with van der Waals surface area (Å²) in [6.07, 6.45) is -3.17. The van der Waals surface area contributed by atoms with Gasteiger partial charge in [-0.2, -0.15) is 13.2 Å². The molecule has 1 aliphatic heterocycles. The number of hydrogen-bond donors (Lipinski definition) is 2. The van der Waals surface area contributed by atoms with E-state index in [4.69, 9.17) is 9.84 Å². The van der Waals surface area contributed by atoms with Crippen LogP contribution in [-0.2, 0) is 20.9 Å². The zero-order valence-corrected chi connectivity index (χ0v) is 13.3. The molecule has 134 valence electrons. The Morgan fingerprint density at radius 2 is 2.04 bits per heavy atom. The minimum Gasteiger partial charge on any atom is -0.478 e. The highest BCUT2D eigenvalue weighted by Crippen LogP contribution is 2.32. The summed E-state index contributed by atoms with van der Waals surface area (Å²) in [5.41, 5.74) is -2.32. The van der Waals surface area contributed by atoms with Crippen LogP contribution < -0.4 is 4.72 Å². The van der Waals surface area contributed by atoms with E-state index in [-0.39, 0.29) is 18.3 Å². The van der Waals surface area contributed by atoms with Gasteiger partial charge in [0.2, 0.25) is 10.0 Å². The molecule has 1 fully saturated rings. The van der Waals surface area contributed by atoms with E-state index in [0.29, 0.717) is 18.7 Å². The Kier molecular flexibility index (Phi) is 5.38. The van der Waals surface area contributed by atoms with Crippen LogP contribution in [0.2, 0.25) is 0 Å². The van der Waals surface area contributed by atoms with Gasteiger partial charge >= 0.3 is 12.1 Å². The van der Waals surface area contributed by atoms with Crippen molar-refractivity contribution >= 4 is 21.7 Å². The maximum atomic E-state index is 12.8. The third-order valence-electron chi connectivity index (χ3n) is 3.51. The van der Waals surface area contributed by atoms with Crippen LogP contribution in [0.5, 0.6) is 0 Å². The number of carboxylic acid groups (broad SMARTS) is 1. The minimum absolute atomic E-state index is 0.183. The minimum atomic E-state index is -4.79. The Balaban J connectivity index is 2.17. The van der Waals surface area contributed by atoms with Crippen molar-refractivity contribution in [2.24, 2.45) is 0 Å². The van der Waals surface area contributed by atoms with Gasteiger partial charge in [-0.15, -0.1) is 0 Å². The number of alkyl halides is 3. The fourth-order valence-electron chi connectivity index (χ4n) is 2.36. The van der Waals surface area contributed by atoms with E-state index < -0.39 is 39.0 Å². The average molecular weight is 367 g/mol. The predicted molar refractivity (Wildman–Crippen MR) is 79.4 cm³/mol. The van der Waals surface area contributed by atoms with Gasteiger partial charge in [0.15, 0.2) is 0 Å². The Morgan fingerprint density at radius 3 is 2.58 bits per heavy atom. The molecule has 2 rings (SSSR count). The summed E-state index contributed by atoms with van der Waals surface area (Å²) in [7, 11) is -3.92. The van der Waals surface area contributed by atoms with E-state index in [2.05, 4.69) is 0 Å². The van der Waals surface area contributed by atoms with Gasteiger partial charge in [0.1, 0.15) is 0 Å². The van der Waals surface area contributed by atoms with Gasteiger partial charge in [-0.25, -0.2) is 13.2 Å². The lowest BCUT2D eigenvalue weighted by atomic mass is 10.1. The van der Waals surface area contributed by atoms with Gasteiger partial charge in [0.05, 0.1) is 23.0 Å². The zero-order chi connectivity index (χ0) is 18.0. The molecular formula is C14H16F3NO5S. The van der Waals surface area contributed by atoms with Crippen molar-refractivity contribution < 1.29 is 36.2 Å². The van der Waals surface area contributed by atoms with Crippen molar-refractivity contribution in [2.75, 3.05) is 17.1 Å². The van der Waals surface area contributed by atoms with Crippen molar-refractivity contribution in [2.45, 2.75) is 31.5 Å². The van der Waals surface area contributed by atoms with E-state index in [1.807, 2.05) is 4.72 Å². The van der Waals surface area contributed by atoms with Gasteiger partial charge < -0.3 is 9.84 Å². The van der Waals surface area contributed by atoms with Crippen molar-refractivity contribution in [3.63, 3.8) is 0 Å². The van der Waals surface area contributed by atoms with Crippen LogP contribution >= 0.6 is 0 Å². The summed E-state index contributed by atoms with van der Waals surface area (Å²) in [6, 6.07) is 1.86. The number of nitrogens with one attached hydrogen (secondary N) is 1. The van der Waals surface area contributed by atoms with Crippen LogP contribution in [0.25, 0.3) is 0 Å². The van der Waals surface area contributed by atoms with E-state index in [9.17, 15) is 26.4 Å². The summed E-state index contributed by atoms with van der Waals surface area (Å²) < 4.78 is 69.7. The summed E-state index contributed by atoms with van der Waals surface area (Å²) in [5.74, 6) is -1.91. The molecular weight excluding hydrogens is 351 g/mol. The van der Waals surface area contributed by atoms with E-state index in [1.165, 1.54) is 0 Å². The first-order chi connectivity index (χ1) is 11.1. The molecule has 1 saturated heterocycles. The number of anilines is 1. The smallest absolute Gasteiger partial charge is 0.416 e. The van der Waals surface area contributed by atoms with Crippen LogP contribution in [0, 0.1) is 0 Å². The van der Waals surface area contributed by atoms with Crippen LogP contribution in [0.3, 0.4) is 0 Å². The molecule has 1 heterocycles. The zero-order valence-electron chi connectivity index (χ0n) is 12.5. The molecule has 1 aromatic carbocycles. The Labute approximate surface area is 136 Å². The lowest BCUT2D eigenvalue weighted by Crippen LogP contribution is -2.21. The Morgan fingerprint density at radius 1 is 1.33 bits per heavy atom. The van der Waals surface area contributed by atoms with E-state index >= 15 is 0 Å². The highest BCUT2D eigenvalue weighted by atomic mass is 32.2. The molecule has 6 nitrogen and oxygen atoms in total. The molecule has 0 bridgehead atoms. The fraction of sp³-hybridized carbons (Fsp3) is 0.500. The van der Waals surface area contributed by atoms with E-state index in [1.54, 1.807) is 0 Å². The predicted octanol–water partition coefficient (Wildman–Crippen LogP) is 2.71. The summed E-state index contributed by atoms with van der Waals surface area (Å²) >= 11 is 0. The molecule has 0 radical (unpaired) electrons. The largest absolute Gasteiger partial charge is 0.478 e.